The van der Waals surface area contributed by atoms with Crippen LogP contribution in [0.1, 0.15) is 18.1 Å². The van der Waals surface area contributed by atoms with E-state index in [1.807, 2.05) is 0 Å². The van der Waals surface area contributed by atoms with E-state index in [9.17, 15) is 18.3 Å². The molecule has 0 saturated carbocycles. The van der Waals surface area contributed by atoms with Gasteiger partial charge >= 0.3 is 6.18 Å². The van der Waals surface area contributed by atoms with Crippen molar-refractivity contribution >= 4 is 10.8 Å². The number of hydrogen-bond donors (Lipinski definition) is 1. The molecule has 0 radical (unpaired) electrons. The smallest absolute Gasteiger partial charge is 0.376 e. The van der Waals surface area contributed by atoms with Crippen LogP contribution >= 0.6 is 0 Å². The highest BCUT2D eigenvalue weighted by atomic mass is 19.4. The Labute approximate surface area is 107 Å². The monoisotopic (exact) mass is 265 g/mol. The minimum atomic E-state index is -4.82. The van der Waals surface area contributed by atoms with Crippen molar-refractivity contribution in [2.24, 2.45) is 0 Å². The van der Waals surface area contributed by atoms with Gasteiger partial charge in [-0.1, -0.05) is 24.3 Å². The fourth-order valence-corrected chi connectivity index (χ4v) is 1.93. The lowest BCUT2D eigenvalue weighted by Gasteiger charge is -2.28. The summed E-state index contributed by atoms with van der Waals surface area (Å²) >= 11 is 0. The molecule has 2 nitrogen and oxygen atoms in total. The summed E-state index contributed by atoms with van der Waals surface area (Å²) in [7, 11) is 0. The summed E-state index contributed by atoms with van der Waals surface area (Å²) in [6.45, 7) is 0.690. The third-order valence-corrected chi connectivity index (χ3v) is 3.07. The van der Waals surface area contributed by atoms with Gasteiger partial charge in [0.15, 0.2) is 5.60 Å². The molecule has 1 N–H and O–H groups in total. The average Bonchev–Trinajstić information content (AvgIpc) is 2.36. The molecule has 0 fully saturated rings. The van der Waals surface area contributed by atoms with Crippen LogP contribution in [0.3, 0.4) is 0 Å². The zero-order valence-electron chi connectivity index (χ0n) is 9.99. The van der Waals surface area contributed by atoms with Gasteiger partial charge in [-0.15, -0.1) is 0 Å². The van der Waals surface area contributed by atoms with Crippen LogP contribution in [-0.2, 0) is 5.60 Å². The number of aliphatic hydroxyl groups is 1. The summed E-state index contributed by atoms with van der Waals surface area (Å²) < 4.78 is 38.8. The van der Waals surface area contributed by atoms with Gasteiger partial charge in [0.2, 0.25) is 0 Å². The Morgan fingerprint density at radius 2 is 1.79 bits per heavy atom. The highest BCUT2D eigenvalue weighted by molar-refractivity contribution is 5.88. The topological polar surface area (TPSA) is 44.0 Å². The second kappa shape index (κ2) is 4.25. The summed E-state index contributed by atoms with van der Waals surface area (Å²) in [4.78, 5) is 0. The Kier molecular flexibility index (Phi) is 2.99. The first kappa shape index (κ1) is 13.4. The van der Waals surface area contributed by atoms with Gasteiger partial charge < -0.3 is 5.11 Å². The van der Waals surface area contributed by atoms with Crippen LogP contribution in [0.15, 0.2) is 36.4 Å². The molecular formula is C14H10F3NO. The fourth-order valence-electron chi connectivity index (χ4n) is 1.93. The second-order valence-electron chi connectivity index (χ2n) is 4.43. The maximum atomic E-state index is 12.9. The normalized spacial score (nSPS) is 14.9. The van der Waals surface area contributed by atoms with Gasteiger partial charge in [-0.2, -0.15) is 18.4 Å². The number of alkyl halides is 3. The van der Waals surface area contributed by atoms with Crippen LogP contribution in [0.5, 0.6) is 0 Å². The number of hydrogen-bond acceptors (Lipinski definition) is 2. The molecule has 0 spiro atoms. The molecule has 0 heterocycles. The maximum Gasteiger partial charge on any atom is 0.421 e. The van der Waals surface area contributed by atoms with Gasteiger partial charge in [0.1, 0.15) is 0 Å². The van der Waals surface area contributed by atoms with Crippen molar-refractivity contribution in [2.45, 2.75) is 18.7 Å². The molecular weight excluding hydrogens is 255 g/mol. The lowest BCUT2D eigenvalue weighted by Crippen LogP contribution is -2.39. The summed E-state index contributed by atoms with van der Waals surface area (Å²) in [6.07, 6.45) is -4.82. The molecule has 2 aromatic rings. The molecule has 1 unspecified atom stereocenters. The molecule has 0 bridgehead atoms. The molecule has 98 valence electrons. The van der Waals surface area contributed by atoms with E-state index in [1.54, 1.807) is 24.3 Å². The molecule has 19 heavy (non-hydrogen) atoms. The lowest BCUT2D eigenvalue weighted by atomic mass is 9.89. The number of benzene rings is 2. The van der Waals surface area contributed by atoms with Crippen LogP contribution in [0.4, 0.5) is 13.2 Å². The quantitative estimate of drug-likeness (QED) is 0.857. The summed E-state index contributed by atoms with van der Waals surface area (Å²) in [5.41, 5.74) is -3.23. The van der Waals surface area contributed by atoms with E-state index in [1.165, 1.54) is 12.1 Å². The van der Waals surface area contributed by atoms with Gasteiger partial charge in [-0.25, -0.2) is 0 Å². The zero-order valence-corrected chi connectivity index (χ0v) is 9.99. The first-order valence-electron chi connectivity index (χ1n) is 5.50. The Hall–Kier alpha value is -2.06. The predicted octanol–water partition coefficient (Wildman–Crippen LogP) is 3.48. The molecule has 0 aliphatic carbocycles. The molecule has 1 atom stereocenters. The highest BCUT2D eigenvalue weighted by Gasteiger charge is 2.51. The van der Waals surface area contributed by atoms with E-state index < -0.39 is 11.8 Å². The minimum Gasteiger partial charge on any atom is -0.376 e. The number of nitriles is 1. The number of nitrogens with zero attached hydrogens (tertiary/aromatic N) is 1. The Morgan fingerprint density at radius 3 is 2.37 bits per heavy atom. The van der Waals surface area contributed by atoms with Gasteiger partial charge in [0.25, 0.3) is 0 Å². The lowest BCUT2D eigenvalue weighted by molar-refractivity contribution is -0.258. The van der Waals surface area contributed by atoms with E-state index in [-0.39, 0.29) is 16.5 Å². The molecule has 2 rings (SSSR count). The van der Waals surface area contributed by atoms with E-state index in [0.29, 0.717) is 12.3 Å². The largest absolute Gasteiger partial charge is 0.421 e. The van der Waals surface area contributed by atoms with Gasteiger partial charge in [-0.3, -0.25) is 0 Å². The Morgan fingerprint density at radius 1 is 1.16 bits per heavy atom. The molecule has 0 aromatic heterocycles. The summed E-state index contributed by atoms with van der Waals surface area (Å²) in [5, 5.41) is 19.5. The van der Waals surface area contributed by atoms with Crippen molar-refractivity contribution in [2.75, 3.05) is 0 Å². The van der Waals surface area contributed by atoms with Gasteiger partial charge in [-0.05, 0) is 29.8 Å². The number of rotatable bonds is 1. The van der Waals surface area contributed by atoms with Crippen molar-refractivity contribution < 1.29 is 18.3 Å². The number of halogens is 3. The molecule has 0 aliphatic rings. The second-order valence-corrected chi connectivity index (χ2v) is 4.43. The molecule has 0 saturated heterocycles. The van der Waals surface area contributed by atoms with Gasteiger partial charge in [0.05, 0.1) is 11.6 Å². The summed E-state index contributed by atoms with van der Waals surface area (Å²) in [5.74, 6) is 0. The zero-order chi connectivity index (χ0) is 14.3. The molecule has 0 amide bonds. The third kappa shape index (κ3) is 2.15. The molecule has 2 aromatic carbocycles. The maximum absolute atomic E-state index is 12.9. The van der Waals surface area contributed by atoms with Crippen molar-refractivity contribution in [3.8, 4) is 6.07 Å². The third-order valence-electron chi connectivity index (χ3n) is 3.07. The first-order valence-corrected chi connectivity index (χ1v) is 5.50. The Bertz CT molecular complexity index is 668. The van der Waals surface area contributed by atoms with Crippen molar-refractivity contribution in [3.63, 3.8) is 0 Å². The summed E-state index contributed by atoms with van der Waals surface area (Å²) in [6, 6.07) is 10.7. The van der Waals surface area contributed by atoms with Crippen LogP contribution in [0.25, 0.3) is 10.8 Å². The van der Waals surface area contributed by atoms with E-state index in [0.717, 1.165) is 6.07 Å². The standard InChI is InChI=1S/C14H10F3NO/c1-13(19,14(15,16)17)12-7-9(8-18)6-10-4-2-3-5-11(10)12/h2-7,19H,1H3. The predicted molar refractivity (Wildman–Crippen MR) is 64.3 cm³/mol. The van der Waals surface area contributed by atoms with Crippen LogP contribution in [-0.4, -0.2) is 11.3 Å². The van der Waals surface area contributed by atoms with E-state index in [2.05, 4.69) is 0 Å². The fraction of sp³-hybridized carbons (Fsp3) is 0.214. The van der Waals surface area contributed by atoms with Crippen molar-refractivity contribution in [1.29, 1.82) is 5.26 Å². The van der Waals surface area contributed by atoms with E-state index >= 15 is 0 Å². The minimum absolute atomic E-state index is 0.0817. The van der Waals surface area contributed by atoms with Gasteiger partial charge in [0, 0.05) is 5.56 Å². The Balaban J connectivity index is 2.83. The number of fused-ring (bicyclic) bond motifs is 1. The average molecular weight is 265 g/mol. The molecule has 5 heteroatoms. The first-order chi connectivity index (χ1) is 8.77. The van der Waals surface area contributed by atoms with Crippen molar-refractivity contribution in [1.82, 2.24) is 0 Å². The van der Waals surface area contributed by atoms with Crippen LogP contribution < -0.4 is 0 Å². The molecule has 0 aliphatic heterocycles. The van der Waals surface area contributed by atoms with E-state index in [4.69, 9.17) is 5.26 Å². The van der Waals surface area contributed by atoms with Crippen molar-refractivity contribution in [3.05, 3.63) is 47.5 Å². The SMILES string of the molecule is CC(O)(c1cc(C#N)cc2ccccc12)C(F)(F)F. The van der Waals surface area contributed by atoms with Crippen LogP contribution in [0.2, 0.25) is 0 Å². The highest BCUT2D eigenvalue weighted by Crippen LogP contribution is 2.41. The van der Waals surface area contributed by atoms with Crippen LogP contribution in [0, 0.1) is 11.3 Å².